The molecule has 1 saturated heterocycles. The van der Waals surface area contributed by atoms with Gasteiger partial charge in [0.2, 0.25) is 15.9 Å². The largest absolute Gasteiger partial charge is 0.324 e. The van der Waals surface area contributed by atoms with E-state index < -0.39 is 33.7 Å². The Morgan fingerprint density at radius 1 is 0.917 bits per heavy atom. The van der Waals surface area contributed by atoms with Crippen LogP contribution < -0.4 is 5.32 Å². The summed E-state index contributed by atoms with van der Waals surface area (Å²) in [7, 11) is -3.64. The van der Waals surface area contributed by atoms with E-state index in [0.717, 1.165) is 24.8 Å². The Morgan fingerprint density at radius 2 is 1.61 bits per heavy atom. The summed E-state index contributed by atoms with van der Waals surface area (Å²) in [5.41, 5.74) is 1.86. The van der Waals surface area contributed by atoms with E-state index in [-0.39, 0.29) is 17.0 Å². The van der Waals surface area contributed by atoms with Crippen LogP contribution in [0.5, 0.6) is 0 Å². The maximum absolute atomic E-state index is 14.3. The third kappa shape index (κ3) is 4.64. The molecule has 0 saturated carbocycles. The molecule has 5 rings (SSSR count). The van der Waals surface area contributed by atoms with Gasteiger partial charge < -0.3 is 10.2 Å². The summed E-state index contributed by atoms with van der Waals surface area (Å²) < 4.78 is 41.8. The van der Waals surface area contributed by atoms with E-state index in [2.05, 4.69) is 5.32 Å². The van der Waals surface area contributed by atoms with Gasteiger partial charge in [0.25, 0.3) is 5.91 Å². The molecule has 7 nitrogen and oxygen atoms in total. The molecule has 0 radical (unpaired) electrons. The van der Waals surface area contributed by atoms with Crippen molar-refractivity contribution in [3.63, 3.8) is 0 Å². The number of nitrogens with zero attached hydrogens (tertiary/aromatic N) is 2. The van der Waals surface area contributed by atoms with Crippen LogP contribution in [0.1, 0.15) is 46.8 Å². The maximum atomic E-state index is 14.3. The van der Waals surface area contributed by atoms with Crippen LogP contribution in [0.3, 0.4) is 0 Å². The number of carbonyl (C=O) groups excluding carboxylic acids is 2. The molecule has 1 fully saturated rings. The van der Waals surface area contributed by atoms with Gasteiger partial charge in [0.1, 0.15) is 12.4 Å². The maximum Gasteiger partial charge on any atom is 0.255 e. The van der Waals surface area contributed by atoms with Crippen molar-refractivity contribution in [3.8, 4) is 0 Å². The molecule has 0 bridgehead atoms. The van der Waals surface area contributed by atoms with Gasteiger partial charge in [-0.15, -0.1) is 0 Å². The summed E-state index contributed by atoms with van der Waals surface area (Å²) in [4.78, 5) is 28.0. The van der Waals surface area contributed by atoms with Gasteiger partial charge in [-0.25, -0.2) is 12.8 Å². The molecule has 0 aromatic heterocycles. The highest BCUT2D eigenvalue weighted by molar-refractivity contribution is 7.89. The lowest BCUT2D eigenvalue weighted by Crippen LogP contribution is -2.39. The topological polar surface area (TPSA) is 86.8 Å². The summed E-state index contributed by atoms with van der Waals surface area (Å²) in [6.45, 7) is 0.726. The average Bonchev–Trinajstić information content (AvgIpc) is 3.05. The number of hydrogen-bond acceptors (Lipinski definition) is 4. The fourth-order valence-electron chi connectivity index (χ4n) is 4.85. The zero-order valence-electron chi connectivity index (χ0n) is 19.6. The number of fused-ring (bicyclic) bond motifs is 1. The smallest absolute Gasteiger partial charge is 0.255 e. The number of carbonyl (C=O) groups is 2. The van der Waals surface area contributed by atoms with Crippen molar-refractivity contribution >= 4 is 27.5 Å². The summed E-state index contributed by atoms with van der Waals surface area (Å²) in [5.74, 6) is -1.34. The van der Waals surface area contributed by atoms with Gasteiger partial charge in [-0.2, -0.15) is 4.31 Å². The molecule has 1 atom stereocenters. The lowest BCUT2D eigenvalue weighted by molar-refractivity contribution is -0.117. The Morgan fingerprint density at radius 3 is 2.31 bits per heavy atom. The van der Waals surface area contributed by atoms with Crippen LogP contribution in [0.15, 0.2) is 77.7 Å². The molecule has 3 aromatic carbocycles. The van der Waals surface area contributed by atoms with Gasteiger partial charge in [-0.1, -0.05) is 36.8 Å². The number of nitrogens with one attached hydrogen (secondary N) is 1. The molecular formula is C27H26FN3O4S. The van der Waals surface area contributed by atoms with Crippen molar-refractivity contribution in [3.05, 3.63) is 95.3 Å². The van der Waals surface area contributed by atoms with Crippen LogP contribution in [0, 0.1) is 5.82 Å². The van der Waals surface area contributed by atoms with Crippen LogP contribution in [-0.2, 0) is 14.8 Å². The van der Waals surface area contributed by atoms with E-state index in [9.17, 15) is 22.4 Å². The fourth-order valence-corrected chi connectivity index (χ4v) is 6.37. The van der Waals surface area contributed by atoms with E-state index >= 15 is 0 Å². The normalized spacial score (nSPS) is 18.8. The van der Waals surface area contributed by atoms with Gasteiger partial charge in [0.15, 0.2) is 0 Å². The first-order valence-corrected chi connectivity index (χ1v) is 13.3. The number of rotatable bonds is 4. The lowest BCUT2D eigenvalue weighted by Gasteiger charge is -2.31. The second-order valence-electron chi connectivity index (χ2n) is 9.02. The van der Waals surface area contributed by atoms with Gasteiger partial charge >= 0.3 is 0 Å². The van der Waals surface area contributed by atoms with Gasteiger partial charge in [0, 0.05) is 29.9 Å². The van der Waals surface area contributed by atoms with E-state index in [1.54, 1.807) is 0 Å². The molecule has 186 valence electrons. The van der Waals surface area contributed by atoms with Crippen LogP contribution >= 0.6 is 0 Å². The van der Waals surface area contributed by atoms with Crippen molar-refractivity contribution in [2.24, 2.45) is 0 Å². The Balaban J connectivity index is 1.52. The molecule has 2 aliphatic heterocycles. The molecule has 9 heteroatoms. The summed E-state index contributed by atoms with van der Waals surface area (Å²) in [6.07, 6.45) is 2.67. The number of halogens is 1. The first-order chi connectivity index (χ1) is 17.3. The van der Waals surface area contributed by atoms with Gasteiger partial charge in [0.05, 0.1) is 10.9 Å². The van der Waals surface area contributed by atoms with Crippen molar-refractivity contribution in [1.82, 2.24) is 9.21 Å². The number of anilines is 1. The molecule has 3 aromatic rings. The van der Waals surface area contributed by atoms with Crippen molar-refractivity contribution in [2.75, 3.05) is 25.0 Å². The molecule has 2 heterocycles. The first kappa shape index (κ1) is 24.1. The highest BCUT2D eigenvalue weighted by Gasteiger charge is 2.34. The quantitative estimate of drug-likeness (QED) is 0.574. The van der Waals surface area contributed by atoms with E-state index in [0.29, 0.717) is 24.3 Å². The Kier molecular flexibility index (Phi) is 6.59. The first-order valence-electron chi connectivity index (χ1n) is 11.9. The predicted molar refractivity (Wildman–Crippen MR) is 133 cm³/mol. The second-order valence-corrected chi connectivity index (χ2v) is 11.0. The number of hydrogen-bond donors (Lipinski definition) is 1. The predicted octanol–water partition coefficient (Wildman–Crippen LogP) is 4.18. The number of piperidine rings is 1. The van der Waals surface area contributed by atoms with E-state index in [1.807, 2.05) is 30.3 Å². The van der Waals surface area contributed by atoms with Crippen LogP contribution in [0.25, 0.3) is 0 Å². The fraction of sp³-hybridized carbons (Fsp3) is 0.259. The molecule has 36 heavy (non-hydrogen) atoms. The zero-order chi connectivity index (χ0) is 25.3. The average molecular weight is 508 g/mol. The lowest BCUT2D eigenvalue weighted by atomic mass is 9.95. The number of amides is 2. The van der Waals surface area contributed by atoms with Crippen LogP contribution in [0.2, 0.25) is 0 Å². The van der Waals surface area contributed by atoms with Gasteiger partial charge in [-0.05, 0) is 60.9 Å². The molecule has 1 N–H and O–H groups in total. The minimum atomic E-state index is -3.64. The molecular weight excluding hydrogens is 481 g/mol. The molecule has 2 amide bonds. The molecule has 0 unspecified atom stereocenters. The monoisotopic (exact) mass is 507 g/mol. The van der Waals surface area contributed by atoms with Gasteiger partial charge in [-0.3, -0.25) is 9.59 Å². The van der Waals surface area contributed by atoms with Crippen molar-refractivity contribution < 1.29 is 22.4 Å². The molecule has 0 spiro atoms. The van der Waals surface area contributed by atoms with Crippen LogP contribution in [-0.4, -0.2) is 49.1 Å². The standard InChI is InChI=1S/C27H26FN3O4S/c28-21-11-14-24-23(17-21)26(19-7-3-1-4-8-19)31(18-25(32)29-24)27(33)20-9-12-22(13-10-20)36(34,35)30-15-5-2-6-16-30/h1,3-4,7-14,17,26H,2,5-6,15-16,18H2,(H,29,32)/t26-/m1/s1. The van der Waals surface area contributed by atoms with Crippen LogP contribution in [0.4, 0.5) is 10.1 Å². The van der Waals surface area contributed by atoms with Crippen molar-refractivity contribution in [1.29, 1.82) is 0 Å². The Labute approximate surface area is 209 Å². The minimum absolute atomic E-state index is 0.126. The third-order valence-electron chi connectivity index (χ3n) is 6.64. The minimum Gasteiger partial charge on any atom is -0.324 e. The summed E-state index contributed by atoms with van der Waals surface area (Å²) in [5, 5.41) is 2.77. The Hall–Kier alpha value is -3.56. The Bertz CT molecular complexity index is 1390. The highest BCUT2D eigenvalue weighted by Crippen LogP contribution is 2.37. The SMILES string of the molecule is O=C1CN(C(=O)c2ccc(S(=O)(=O)N3CCCCC3)cc2)[C@H](c2ccccc2)c2cc(F)ccc2N1. The molecule has 0 aliphatic carbocycles. The summed E-state index contributed by atoms with van der Waals surface area (Å²) >= 11 is 0. The summed E-state index contributed by atoms with van der Waals surface area (Å²) in [6, 6.07) is 18.3. The third-order valence-corrected chi connectivity index (χ3v) is 8.55. The van der Waals surface area contributed by atoms with Crippen molar-refractivity contribution in [2.45, 2.75) is 30.2 Å². The number of sulfonamides is 1. The van der Waals surface area contributed by atoms with E-state index in [1.165, 1.54) is 51.7 Å². The highest BCUT2D eigenvalue weighted by atomic mass is 32.2. The van der Waals surface area contributed by atoms with E-state index in [4.69, 9.17) is 0 Å². The second kappa shape index (κ2) is 9.83. The zero-order valence-corrected chi connectivity index (χ0v) is 20.4. The number of benzene rings is 3. The molecule has 2 aliphatic rings.